The molecule has 0 unspecified atom stereocenters. The lowest BCUT2D eigenvalue weighted by molar-refractivity contribution is 0.415. The van der Waals surface area contributed by atoms with Gasteiger partial charge in [0.25, 0.3) is 0 Å². The average molecular weight is 221 g/mol. The van der Waals surface area contributed by atoms with E-state index in [2.05, 4.69) is 25.2 Å². The molecule has 0 saturated carbocycles. The summed E-state index contributed by atoms with van der Waals surface area (Å²) in [6, 6.07) is 8.66. The predicted octanol–water partition coefficient (Wildman–Crippen LogP) is 4.08. The highest BCUT2D eigenvalue weighted by Gasteiger charge is 2.08. The average Bonchev–Trinajstić information content (AvgIpc) is 2.34. The third-order valence-electron chi connectivity index (χ3n) is 2.87. The molecule has 1 atom stereocenters. The number of hydrogen-bond acceptors (Lipinski definition) is 2. The number of nitrogens with one attached hydrogen (secondary N) is 1. The van der Waals surface area contributed by atoms with Crippen LogP contribution in [0.4, 0.5) is 5.69 Å². The van der Waals surface area contributed by atoms with Gasteiger partial charge in [0.2, 0.25) is 0 Å². The summed E-state index contributed by atoms with van der Waals surface area (Å²) in [5, 5.41) is 3.56. The van der Waals surface area contributed by atoms with Gasteiger partial charge in [-0.15, -0.1) is 0 Å². The molecule has 1 aromatic carbocycles. The monoisotopic (exact) mass is 221 g/mol. The first-order valence-corrected chi connectivity index (χ1v) is 6.21. The Morgan fingerprint density at radius 2 is 2.00 bits per heavy atom. The van der Waals surface area contributed by atoms with E-state index in [4.69, 9.17) is 4.74 Å². The zero-order chi connectivity index (χ0) is 11.8. The van der Waals surface area contributed by atoms with E-state index < -0.39 is 0 Å². The third kappa shape index (κ3) is 3.76. The molecule has 0 aliphatic carbocycles. The Bertz CT molecular complexity index is 299. The van der Waals surface area contributed by atoms with Crippen molar-refractivity contribution in [3.8, 4) is 5.75 Å². The van der Waals surface area contributed by atoms with E-state index in [1.54, 1.807) is 7.11 Å². The van der Waals surface area contributed by atoms with Crippen molar-refractivity contribution in [1.82, 2.24) is 0 Å². The van der Waals surface area contributed by atoms with Gasteiger partial charge >= 0.3 is 0 Å². The number of ether oxygens (including phenoxy) is 1. The number of unbranched alkanes of at least 4 members (excludes halogenated alkanes) is 1. The number of para-hydroxylation sites is 2. The van der Waals surface area contributed by atoms with Crippen LogP contribution in [-0.4, -0.2) is 13.2 Å². The first kappa shape index (κ1) is 12.9. The van der Waals surface area contributed by atoms with E-state index in [0.717, 1.165) is 17.9 Å². The summed E-state index contributed by atoms with van der Waals surface area (Å²) in [6.45, 7) is 4.46. The maximum atomic E-state index is 5.33. The van der Waals surface area contributed by atoms with Crippen LogP contribution < -0.4 is 10.1 Å². The number of anilines is 1. The maximum Gasteiger partial charge on any atom is 0.141 e. The summed E-state index contributed by atoms with van der Waals surface area (Å²) in [6.07, 6.45) is 4.91. The van der Waals surface area contributed by atoms with E-state index >= 15 is 0 Å². The summed E-state index contributed by atoms with van der Waals surface area (Å²) in [4.78, 5) is 0. The van der Waals surface area contributed by atoms with Crippen LogP contribution >= 0.6 is 0 Å². The van der Waals surface area contributed by atoms with E-state index in [0.29, 0.717) is 6.04 Å². The minimum atomic E-state index is 0.552. The van der Waals surface area contributed by atoms with Gasteiger partial charge in [0.15, 0.2) is 0 Å². The molecular formula is C14H23NO. The molecule has 0 saturated heterocycles. The van der Waals surface area contributed by atoms with Crippen LogP contribution in [0.25, 0.3) is 0 Å². The Hall–Kier alpha value is -1.18. The van der Waals surface area contributed by atoms with Crippen molar-refractivity contribution < 1.29 is 4.74 Å². The van der Waals surface area contributed by atoms with Gasteiger partial charge in [-0.2, -0.15) is 0 Å². The number of rotatable bonds is 7. The molecule has 0 amide bonds. The highest BCUT2D eigenvalue weighted by molar-refractivity contribution is 5.56. The molecule has 2 heteroatoms. The number of methoxy groups -OCH3 is 1. The van der Waals surface area contributed by atoms with Crippen molar-refractivity contribution in [2.45, 2.75) is 45.6 Å². The van der Waals surface area contributed by atoms with Crippen molar-refractivity contribution in [2.24, 2.45) is 0 Å². The first-order chi connectivity index (χ1) is 7.81. The van der Waals surface area contributed by atoms with Gasteiger partial charge < -0.3 is 10.1 Å². The Kier molecular flexibility index (Phi) is 5.76. The van der Waals surface area contributed by atoms with Crippen molar-refractivity contribution >= 4 is 5.69 Å². The molecule has 16 heavy (non-hydrogen) atoms. The van der Waals surface area contributed by atoms with Crippen molar-refractivity contribution in [3.63, 3.8) is 0 Å². The SMILES string of the molecule is CCCC[C@H](CC)Nc1ccccc1OC. The van der Waals surface area contributed by atoms with Crippen molar-refractivity contribution in [3.05, 3.63) is 24.3 Å². The molecule has 0 fully saturated rings. The Morgan fingerprint density at radius 3 is 2.62 bits per heavy atom. The Morgan fingerprint density at radius 1 is 1.25 bits per heavy atom. The largest absolute Gasteiger partial charge is 0.495 e. The van der Waals surface area contributed by atoms with E-state index in [1.165, 1.54) is 19.3 Å². The molecule has 0 aliphatic heterocycles. The number of hydrogen-bond donors (Lipinski definition) is 1. The first-order valence-electron chi connectivity index (χ1n) is 6.21. The Labute approximate surface area is 99.0 Å². The summed E-state index contributed by atoms with van der Waals surface area (Å²) in [5.41, 5.74) is 1.10. The maximum absolute atomic E-state index is 5.33. The van der Waals surface area contributed by atoms with Crippen molar-refractivity contribution in [2.75, 3.05) is 12.4 Å². The summed E-state index contributed by atoms with van der Waals surface area (Å²) < 4.78 is 5.33. The van der Waals surface area contributed by atoms with Gasteiger partial charge in [-0.05, 0) is 25.0 Å². The minimum absolute atomic E-state index is 0.552. The summed E-state index contributed by atoms with van der Waals surface area (Å²) in [7, 11) is 1.72. The summed E-state index contributed by atoms with van der Waals surface area (Å²) in [5.74, 6) is 0.928. The van der Waals surface area contributed by atoms with Gasteiger partial charge in [0.1, 0.15) is 5.75 Å². The second-order valence-electron chi connectivity index (χ2n) is 4.09. The second kappa shape index (κ2) is 7.15. The third-order valence-corrected chi connectivity index (χ3v) is 2.87. The molecule has 0 aromatic heterocycles. The molecule has 2 nitrogen and oxygen atoms in total. The van der Waals surface area contributed by atoms with Crippen molar-refractivity contribution in [1.29, 1.82) is 0 Å². The molecular weight excluding hydrogens is 198 g/mol. The van der Waals surface area contributed by atoms with E-state index in [9.17, 15) is 0 Å². The van der Waals surface area contributed by atoms with E-state index in [1.807, 2.05) is 18.2 Å². The zero-order valence-corrected chi connectivity index (χ0v) is 10.6. The zero-order valence-electron chi connectivity index (χ0n) is 10.6. The molecule has 0 bridgehead atoms. The molecule has 90 valence electrons. The minimum Gasteiger partial charge on any atom is -0.495 e. The second-order valence-corrected chi connectivity index (χ2v) is 4.09. The van der Waals surface area contributed by atoms with Crippen LogP contribution in [0.1, 0.15) is 39.5 Å². The Balaban J connectivity index is 2.62. The normalized spacial score (nSPS) is 12.2. The van der Waals surface area contributed by atoms with Gasteiger partial charge in [-0.25, -0.2) is 0 Å². The standard InChI is InChI=1S/C14H23NO/c1-4-6-9-12(5-2)15-13-10-7-8-11-14(13)16-3/h7-8,10-12,15H,4-6,9H2,1-3H3/t12-/m0/s1. The van der Waals surface area contributed by atoms with Crippen LogP contribution in [0, 0.1) is 0 Å². The fraction of sp³-hybridized carbons (Fsp3) is 0.571. The lowest BCUT2D eigenvalue weighted by Crippen LogP contribution is -2.18. The van der Waals surface area contributed by atoms with Gasteiger partial charge in [0.05, 0.1) is 12.8 Å². The van der Waals surface area contributed by atoms with Crippen LogP contribution in [0.15, 0.2) is 24.3 Å². The van der Waals surface area contributed by atoms with Gasteiger partial charge in [0, 0.05) is 6.04 Å². The molecule has 0 spiro atoms. The topological polar surface area (TPSA) is 21.3 Å². The molecule has 0 radical (unpaired) electrons. The highest BCUT2D eigenvalue weighted by atomic mass is 16.5. The fourth-order valence-corrected chi connectivity index (χ4v) is 1.81. The quantitative estimate of drug-likeness (QED) is 0.749. The lowest BCUT2D eigenvalue weighted by Gasteiger charge is -2.19. The molecule has 1 N–H and O–H groups in total. The number of benzene rings is 1. The van der Waals surface area contributed by atoms with Crippen LogP contribution in [0.3, 0.4) is 0 Å². The van der Waals surface area contributed by atoms with Crippen LogP contribution in [0.5, 0.6) is 5.75 Å². The summed E-state index contributed by atoms with van der Waals surface area (Å²) >= 11 is 0. The highest BCUT2D eigenvalue weighted by Crippen LogP contribution is 2.25. The van der Waals surface area contributed by atoms with Crippen LogP contribution in [-0.2, 0) is 0 Å². The molecule has 1 aromatic rings. The molecule has 1 rings (SSSR count). The fourth-order valence-electron chi connectivity index (χ4n) is 1.81. The lowest BCUT2D eigenvalue weighted by atomic mass is 10.1. The molecule has 0 aliphatic rings. The van der Waals surface area contributed by atoms with Gasteiger partial charge in [-0.3, -0.25) is 0 Å². The molecule has 0 heterocycles. The van der Waals surface area contributed by atoms with Gasteiger partial charge in [-0.1, -0.05) is 38.8 Å². The smallest absolute Gasteiger partial charge is 0.141 e. The predicted molar refractivity (Wildman–Crippen MR) is 70.2 cm³/mol. The van der Waals surface area contributed by atoms with E-state index in [-0.39, 0.29) is 0 Å². The van der Waals surface area contributed by atoms with Crippen LogP contribution in [0.2, 0.25) is 0 Å².